The van der Waals surface area contributed by atoms with Gasteiger partial charge in [-0.05, 0) is 42.7 Å². The predicted octanol–water partition coefficient (Wildman–Crippen LogP) is 2.66. The molecule has 140 valence electrons. The number of rotatable bonds is 5. The van der Waals surface area contributed by atoms with E-state index in [1.807, 2.05) is 40.9 Å². The van der Waals surface area contributed by atoms with Gasteiger partial charge in [-0.1, -0.05) is 24.6 Å². The fourth-order valence-corrected chi connectivity index (χ4v) is 3.62. The second-order valence-corrected chi connectivity index (χ2v) is 6.97. The summed E-state index contributed by atoms with van der Waals surface area (Å²) in [4.78, 5) is 4.31. The molecule has 1 aliphatic rings. The SMILES string of the molecule is CN=C(NCc1nnc2ccccn12)NCC1(c2ccc(F)cc2)CCC1. The van der Waals surface area contributed by atoms with E-state index in [2.05, 4.69) is 25.8 Å². The Morgan fingerprint density at radius 3 is 2.67 bits per heavy atom. The first-order chi connectivity index (χ1) is 13.2. The quantitative estimate of drug-likeness (QED) is 0.538. The lowest BCUT2D eigenvalue weighted by atomic mass is 9.64. The molecule has 0 aliphatic heterocycles. The van der Waals surface area contributed by atoms with E-state index in [9.17, 15) is 4.39 Å². The van der Waals surface area contributed by atoms with Crippen LogP contribution in [0.15, 0.2) is 53.7 Å². The largest absolute Gasteiger partial charge is 0.356 e. The van der Waals surface area contributed by atoms with Crippen molar-refractivity contribution in [2.24, 2.45) is 4.99 Å². The van der Waals surface area contributed by atoms with Gasteiger partial charge in [-0.3, -0.25) is 9.39 Å². The summed E-state index contributed by atoms with van der Waals surface area (Å²) in [5.41, 5.74) is 2.05. The van der Waals surface area contributed by atoms with Gasteiger partial charge in [0.05, 0.1) is 6.54 Å². The van der Waals surface area contributed by atoms with Gasteiger partial charge in [-0.2, -0.15) is 0 Å². The van der Waals surface area contributed by atoms with Crippen molar-refractivity contribution in [3.8, 4) is 0 Å². The summed E-state index contributed by atoms with van der Waals surface area (Å²) in [5.74, 6) is 1.35. The van der Waals surface area contributed by atoms with Gasteiger partial charge < -0.3 is 10.6 Å². The van der Waals surface area contributed by atoms with E-state index < -0.39 is 0 Å². The first-order valence-electron chi connectivity index (χ1n) is 9.19. The molecule has 0 radical (unpaired) electrons. The predicted molar refractivity (Wildman–Crippen MR) is 103 cm³/mol. The fraction of sp³-hybridized carbons (Fsp3) is 0.350. The standard InChI is InChI=1S/C20H23FN6/c1-22-19(23-13-18-26-25-17-5-2-3-12-27(17)18)24-14-20(10-4-11-20)15-6-8-16(21)9-7-15/h2-3,5-9,12H,4,10-11,13-14H2,1H3,(H2,22,23,24). The number of guanidine groups is 1. The molecule has 0 bridgehead atoms. The minimum atomic E-state index is -0.195. The van der Waals surface area contributed by atoms with Crippen LogP contribution in [-0.2, 0) is 12.0 Å². The number of hydrogen-bond donors (Lipinski definition) is 2. The smallest absolute Gasteiger partial charge is 0.191 e. The Morgan fingerprint density at radius 1 is 1.15 bits per heavy atom. The molecule has 0 amide bonds. The Bertz CT molecular complexity index is 943. The van der Waals surface area contributed by atoms with Gasteiger partial charge in [0.15, 0.2) is 17.4 Å². The normalized spacial score (nSPS) is 16.1. The molecule has 2 aromatic heterocycles. The maximum Gasteiger partial charge on any atom is 0.191 e. The molecule has 4 rings (SSSR count). The van der Waals surface area contributed by atoms with E-state index in [1.54, 1.807) is 19.2 Å². The first-order valence-corrected chi connectivity index (χ1v) is 9.19. The van der Waals surface area contributed by atoms with Crippen molar-refractivity contribution in [3.63, 3.8) is 0 Å². The Balaban J connectivity index is 1.39. The van der Waals surface area contributed by atoms with Gasteiger partial charge in [0.2, 0.25) is 0 Å². The zero-order chi connectivity index (χ0) is 18.7. The average molecular weight is 366 g/mol. The number of aliphatic imine (C=N–C) groups is 1. The van der Waals surface area contributed by atoms with Crippen molar-refractivity contribution in [2.75, 3.05) is 13.6 Å². The Morgan fingerprint density at radius 2 is 1.96 bits per heavy atom. The molecule has 3 aromatic rings. The summed E-state index contributed by atoms with van der Waals surface area (Å²) in [7, 11) is 1.75. The third-order valence-electron chi connectivity index (χ3n) is 5.38. The molecule has 1 aliphatic carbocycles. The summed E-state index contributed by atoms with van der Waals surface area (Å²) in [6.45, 7) is 1.29. The number of halogens is 1. The third kappa shape index (κ3) is 3.49. The summed E-state index contributed by atoms with van der Waals surface area (Å²) in [5, 5.41) is 15.1. The molecule has 0 atom stereocenters. The highest BCUT2D eigenvalue weighted by Crippen LogP contribution is 2.43. The highest BCUT2D eigenvalue weighted by Gasteiger charge is 2.38. The van der Waals surface area contributed by atoms with Crippen LogP contribution in [0, 0.1) is 5.82 Å². The summed E-state index contributed by atoms with van der Waals surface area (Å²) >= 11 is 0. The van der Waals surface area contributed by atoms with Crippen molar-refractivity contribution >= 4 is 11.6 Å². The number of aromatic nitrogens is 3. The summed E-state index contributed by atoms with van der Waals surface area (Å²) in [6, 6.07) is 12.7. The second-order valence-electron chi connectivity index (χ2n) is 6.97. The lowest BCUT2D eigenvalue weighted by Crippen LogP contribution is -2.48. The Labute approximate surface area is 157 Å². The monoisotopic (exact) mass is 366 g/mol. The lowest BCUT2D eigenvalue weighted by molar-refractivity contribution is 0.243. The number of fused-ring (bicyclic) bond motifs is 1. The van der Waals surface area contributed by atoms with Gasteiger partial charge in [0.1, 0.15) is 5.82 Å². The molecule has 1 saturated carbocycles. The maximum absolute atomic E-state index is 13.3. The van der Waals surface area contributed by atoms with E-state index in [-0.39, 0.29) is 11.2 Å². The first kappa shape index (κ1) is 17.5. The van der Waals surface area contributed by atoms with Crippen LogP contribution in [0.4, 0.5) is 4.39 Å². The number of pyridine rings is 1. The van der Waals surface area contributed by atoms with Crippen molar-refractivity contribution in [2.45, 2.75) is 31.2 Å². The van der Waals surface area contributed by atoms with E-state index in [0.29, 0.717) is 6.54 Å². The van der Waals surface area contributed by atoms with E-state index in [0.717, 1.165) is 36.8 Å². The van der Waals surface area contributed by atoms with E-state index in [4.69, 9.17) is 0 Å². The highest BCUT2D eigenvalue weighted by atomic mass is 19.1. The number of hydrogen-bond acceptors (Lipinski definition) is 3. The number of nitrogens with zero attached hydrogens (tertiary/aromatic N) is 4. The summed E-state index contributed by atoms with van der Waals surface area (Å²) in [6.07, 6.45) is 5.33. The van der Waals surface area contributed by atoms with Gasteiger partial charge in [-0.15, -0.1) is 10.2 Å². The molecular weight excluding hydrogens is 343 g/mol. The van der Waals surface area contributed by atoms with Gasteiger partial charge in [0, 0.05) is 25.2 Å². The van der Waals surface area contributed by atoms with Crippen molar-refractivity contribution < 1.29 is 4.39 Å². The third-order valence-corrected chi connectivity index (χ3v) is 5.38. The van der Waals surface area contributed by atoms with Crippen LogP contribution in [0.25, 0.3) is 5.65 Å². The molecule has 2 heterocycles. The van der Waals surface area contributed by atoms with Crippen molar-refractivity contribution in [1.82, 2.24) is 25.2 Å². The maximum atomic E-state index is 13.3. The fourth-order valence-electron chi connectivity index (χ4n) is 3.62. The van der Waals surface area contributed by atoms with E-state index >= 15 is 0 Å². The van der Waals surface area contributed by atoms with Crippen molar-refractivity contribution in [3.05, 3.63) is 65.9 Å². The average Bonchev–Trinajstić information content (AvgIpc) is 3.08. The van der Waals surface area contributed by atoms with Crippen molar-refractivity contribution in [1.29, 1.82) is 0 Å². The molecule has 27 heavy (non-hydrogen) atoms. The highest BCUT2D eigenvalue weighted by molar-refractivity contribution is 5.79. The lowest BCUT2D eigenvalue weighted by Gasteiger charge is -2.43. The van der Waals surface area contributed by atoms with E-state index in [1.165, 1.54) is 12.0 Å². The zero-order valence-electron chi connectivity index (χ0n) is 15.3. The topological polar surface area (TPSA) is 66.6 Å². The minimum absolute atomic E-state index is 0.0485. The zero-order valence-corrected chi connectivity index (χ0v) is 15.3. The van der Waals surface area contributed by atoms with Crippen LogP contribution >= 0.6 is 0 Å². The van der Waals surface area contributed by atoms with Crippen LogP contribution < -0.4 is 10.6 Å². The summed E-state index contributed by atoms with van der Waals surface area (Å²) < 4.78 is 15.2. The number of nitrogens with one attached hydrogen (secondary N) is 2. The van der Waals surface area contributed by atoms with Gasteiger partial charge >= 0.3 is 0 Å². The molecule has 1 fully saturated rings. The molecule has 7 heteroatoms. The van der Waals surface area contributed by atoms with Gasteiger partial charge in [-0.25, -0.2) is 4.39 Å². The minimum Gasteiger partial charge on any atom is -0.356 e. The molecule has 1 aromatic carbocycles. The van der Waals surface area contributed by atoms with Gasteiger partial charge in [0.25, 0.3) is 0 Å². The second kappa shape index (κ2) is 7.34. The Hall–Kier alpha value is -2.96. The van der Waals surface area contributed by atoms with Crippen LogP contribution in [0.2, 0.25) is 0 Å². The molecule has 2 N–H and O–H groups in total. The molecule has 0 saturated heterocycles. The Kier molecular flexibility index (Phi) is 4.75. The van der Waals surface area contributed by atoms with Crippen LogP contribution in [0.3, 0.4) is 0 Å². The molecule has 0 spiro atoms. The van der Waals surface area contributed by atoms with Crippen LogP contribution in [0.5, 0.6) is 0 Å². The van der Waals surface area contributed by atoms with Crippen LogP contribution in [-0.4, -0.2) is 34.2 Å². The molecule has 6 nitrogen and oxygen atoms in total. The molecule has 0 unspecified atom stereocenters. The van der Waals surface area contributed by atoms with Crippen LogP contribution in [0.1, 0.15) is 30.7 Å². The molecular formula is C20H23FN6. The number of benzene rings is 1.